The average molecular weight is 323 g/mol. The molecule has 0 spiro atoms. The Hall–Kier alpha value is -2.13. The van der Waals surface area contributed by atoms with Crippen LogP contribution in [-0.4, -0.2) is 25.2 Å². The van der Waals surface area contributed by atoms with E-state index < -0.39 is 5.60 Å². The number of aliphatic imine (C=N–C) groups is 1. The number of ether oxygens (including phenoxy) is 2. The molecule has 0 saturated carbocycles. The largest absolute Gasteiger partial charge is 0.478 e. The highest BCUT2D eigenvalue weighted by Crippen LogP contribution is 2.35. The number of nitrogens with zero attached hydrogens (tertiary/aromatic N) is 1. The van der Waals surface area contributed by atoms with Gasteiger partial charge in [0.05, 0.1) is 12.0 Å². The van der Waals surface area contributed by atoms with Crippen molar-refractivity contribution in [3.8, 4) is 0 Å². The second-order valence-electron chi connectivity index (χ2n) is 7.01. The van der Waals surface area contributed by atoms with Gasteiger partial charge in [-0.1, -0.05) is 60.7 Å². The van der Waals surface area contributed by atoms with Gasteiger partial charge in [-0.2, -0.15) is 0 Å². The summed E-state index contributed by atoms with van der Waals surface area (Å²) in [6, 6.07) is 20.8. The molecule has 2 aromatic rings. The van der Waals surface area contributed by atoms with E-state index in [1.165, 1.54) is 5.56 Å². The molecule has 0 bridgehead atoms. The number of hydrogen-bond donors (Lipinski definition) is 0. The first kappa shape index (κ1) is 16.7. The van der Waals surface area contributed by atoms with Gasteiger partial charge in [0.2, 0.25) is 0 Å². The summed E-state index contributed by atoms with van der Waals surface area (Å²) in [6.07, 6.45) is 1.41. The molecule has 0 aliphatic carbocycles. The van der Waals surface area contributed by atoms with E-state index in [2.05, 4.69) is 62.4 Å². The Bertz CT molecular complexity index is 694. The van der Waals surface area contributed by atoms with Crippen LogP contribution >= 0.6 is 0 Å². The maximum absolute atomic E-state index is 6.10. The van der Waals surface area contributed by atoms with Crippen molar-refractivity contribution in [2.45, 2.75) is 37.8 Å². The Morgan fingerprint density at radius 3 is 2.17 bits per heavy atom. The van der Waals surface area contributed by atoms with Gasteiger partial charge in [-0.05, 0) is 25.0 Å². The van der Waals surface area contributed by atoms with Gasteiger partial charge in [-0.3, -0.25) is 0 Å². The third kappa shape index (κ3) is 3.68. The molecule has 0 radical (unpaired) electrons. The molecule has 24 heavy (non-hydrogen) atoms. The first-order valence-corrected chi connectivity index (χ1v) is 8.39. The normalized spacial score (nSPS) is 18.5. The van der Waals surface area contributed by atoms with Gasteiger partial charge >= 0.3 is 0 Å². The lowest BCUT2D eigenvalue weighted by molar-refractivity contribution is -0.0121. The van der Waals surface area contributed by atoms with Crippen molar-refractivity contribution in [2.75, 3.05) is 13.7 Å². The Balaban J connectivity index is 1.96. The molecule has 0 saturated heterocycles. The van der Waals surface area contributed by atoms with Crippen LogP contribution in [0.4, 0.5) is 0 Å². The first-order valence-electron chi connectivity index (χ1n) is 8.39. The second kappa shape index (κ2) is 6.78. The van der Waals surface area contributed by atoms with Crippen LogP contribution in [0.15, 0.2) is 65.7 Å². The van der Waals surface area contributed by atoms with Crippen LogP contribution in [-0.2, 0) is 21.5 Å². The smallest absolute Gasteiger partial charge is 0.187 e. The fraction of sp³-hybridized carbons (Fsp3) is 0.381. The van der Waals surface area contributed by atoms with E-state index in [0.29, 0.717) is 13.0 Å². The van der Waals surface area contributed by atoms with E-state index >= 15 is 0 Å². The molecule has 1 aliphatic heterocycles. The minimum atomic E-state index is -0.484. The zero-order valence-corrected chi connectivity index (χ0v) is 14.7. The highest BCUT2D eigenvalue weighted by atomic mass is 16.5. The summed E-state index contributed by atoms with van der Waals surface area (Å²) in [5.41, 5.74) is 1.74. The van der Waals surface area contributed by atoms with Crippen molar-refractivity contribution in [2.24, 2.45) is 4.99 Å². The molecule has 1 aliphatic rings. The maximum Gasteiger partial charge on any atom is 0.187 e. The van der Waals surface area contributed by atoms with Crippen LogP contribution in [0.3, 0.4) is 0 Å². The van der Waals surface area contributed by atoms with E-state index in [1.54, 1.807) is 7.11 Å². The number of benzene rings is 2. The van der Waals surface area contributed by atoms with Crippen LogP contribution in [0.25, 0.3) is 0 Å². The average Bonchev–Trinajstić information content (AvgIpc) is 2.94. The fourth-order valence-electron chi connectivity index (χ4n) is 3.19. The van der Waals surface area contributed by atoms with Crippen molar-refractivity contribution in [1.82, 2.24) is 0 Å². The third-order valence-corrected chi connectivity index (χ3v) is 4.48. The molecular formula is C21H25NO2. The molecule has 1 heterocycles. The Labute approximate surface area is 144 Å². The number of rotatable bonds is 6. The minimum Gasteiger partial charge on any atom is -0.478 e. The van der Waals surface area contributed by atoms with Gasteiger partial charge < -0.3 is 9.47 Å². The van der Waals surface area contributed by atoms with E-state index in [0.717, 1.165) is 17.9 Å². The van der Waals surface area contributed by atoms with E-state index in [4.69, 9.17) is 14.5 Å². The zero-order valence-electron chi connectivity index (χ0n) is 14.7. The lowest BCUT2D eigenvalue weighted by Crippen LogP contribution is -2.34. The summed E-state index contributed by atoms with van der Waals surface area (Å²) in [4.78, 5) is 4.73. The Morgan fingerprint density at radius 1 is 1.00 bits per heavy atom. The Morgan fingerprint density at radius 2 is 1.62 bits per heavy atom. The molecule has 3 nitrogen and oxygen atoms in total. The highest BCUT2D eigenvalue weighted by molar-refractivity contribution is 5.79. The SMILES string of the molecule is COC(CC1=NC(C)(C)CO1)(Cc1ccccc1)c1ccccc1. The first-order chi connectivity index (χ1) is 11.5. The second-order valence-corrected chi connectivity index (χ2v) is 7.01. The van der Waals surface area contributed by atoms with Crippen LogP contribution in [0.2, 0.25) is 0 Å². The van der Waals surface area contributed by atoms with Crippen molar-refractivity contribution >= 4 is 5.90 Å². The van der Waals surface area contributed by atoms with Crippen LogP contribution in [0.1, 0.15) is 31.4 Å². The highest BCUT2D eigenvalue weighted by Gasteiger charge is 2.38. The third-order valence-electron chi connectivity index (χ3n) is 4.48. The van der Waals surface area contributed by atoms with Crippen molar-refractivity contribution in [1.29, 1.82) is 0 Å². The summed E-state index contributed by atoms with van der Waals surface area (Å²) in [5.74, 6) is 0.779. The van der Waals surface area contributed by atoms with Crippen molar-refractivity contribution in [3.63, 3.8) is 0 Å². The number of methoxy groups -OCH3 is 1. The standard InChI is InChI=1S/C21H25NO2/c1-20(2)16-24-19(22-20)15-21(23-3,18-12-8-5-9-13-18)14-17-10-6-4-7-11-17/h4-13H,14-16H2,1-3H3. The summed E-state index contributed by atoms with van der Waals surface area (Å²) in [6.45, 7) is 4.81. The van der Waals surface area contributed by atoms with E-state index in [1.807, 2.05) is 12.1 Å². The minimum absolute atomic E-state index is 0.155. The predicted molar refractivity (Wildman–Crippen MR) is 97.4 cm³/mol. The summed E-state index contributed by atoms with van der Waals surface area (Å²) >= 11 is 0. The Kier molecular flexibility index (Phi) is 4.72. The topological polar surface area (TPSA) is 30.8 Å². The fourth-order valence-corrected chi connectivity index (χ4v) is 3.19. The van der Waals surface area contributed by atoms with Crippen LogP contribution in [0, 0.1) is 0 Å². The van der Waals surface area contributed by atoms with Gasteiger partial charge in [0, 0.05) is 13.5 Å². The quantitative estimate of drug-likeness (QED) is 0.790. The molecule has 0 N–H and O–H groups in total. The number of hydrogen-bond acceptors (Lipinski definition) is 3. The van der Waals surface area contributed by atoms with Crippen molar-refractivity contribution < 1.29 is 9.47 Å². The zero-order chi connectivity index (χ0) is 17.0. The molecule has 0 aromatic heterocycles. The van der Waals surface area contributed by atoms with Crippen LogP contribution in [0.5, 0.6) is 0 Å². The molecule has 1 atom stereocenters. The predicted octanol–water partition coefficient (Wildman–Crippen LogP) is 4.37. The monoisotopic (exact) mass is 323 g/mol. The molecule has 3 rings (SSSR count). The molecule has 0 fully saturated rings. The molecule has 0 amide bonds. The van der Waals surface area contributed by atoms with Gasteiger partial charge in [0.15, 0.2) is 5.90 Å². The van der Waals surface area contributed by atoms with Gasteiger partial charge in [-0.15, -0.1) is 0 Å². The van der Waals surface area contributed by atoms with E-state index in [9.17, 15) is 0 Å². The van der Waals surface area contributed by atoms with Crippen LogP contribution < -0.4 is 0 Å². The lowest BCUT2D eigenvalue weighted by atomic mass is 9.84. The van der Waals surface area contributed by atoms with Crippen molar-refractivity contribution in [3.05, 3.63) is 71.8 Å². The summed E-state index contributed by atoms with van der Waals surface area (Å²) in [5, 5.41) is 0. The summed E-state index contributed by atoms with van der Waals surface area (Å²) < 4.78 is 12.0. The van der Waals surface area contributed by atoms with Gasteiger partial charge in [-0.25, -0.2) is 4.99 Å². The molecule has 2 aromatic carbocycles. The van der Waals surface area contributed by atoms with Gasteiger partial charge in [0.1, 0.15) is 12.2 Å². The molecule has 126 valence electrons. The lowest BCUT2D eigenvalue weighted by Gasteiger charge is -2.33. The summed E-state index contributed by atoms with van der Waals surface area (Å²) in [7, 11) is 1.77. The molecule has 3 heteroatoms. The van der Waals surface area contributed by atoms with Gasteiger partial charge in [0.25, 0.3) is 0 Å². The van der Waals surface area contributed by atoms with E-state index in [-0.39, 0.29) is 5.54 Å². The molecular weight excluding hydrogens is 298 g/mol. The maximum atomic E-state index is 6.10. The molecule has 1 unspecified atom stereocenters.